The number of pyridine rings is 1. The van der Waals surface area contributed by atoms with Gasteiger partial charge in [0, 0.05) is 53.1 Å². The Bertz CT molecular complexity index is 1490. The summed E-state index contributed by atoms with van der Waals surface area (Å²) in [5, 5.41) is 0. The predicted octanol–water partition coefficient (Wildman–Crippen LogP) is 7.37. The number of nitrogens with zero attached hydrogens (tertiary/aromatic N) is 3. The maximum Gasteiger partial charge on any atom is 0.255 e. The van der Waals surface area contributed by atoms with Gasteiger partial charge < -0.3 is 14.4 Å². The maximum absolute atomic E-state index is 14.0. The van der Waals surface area contributed by atoms with E-state index in [9.17, 15) is 4.79 Å². The lowest BCUT2D eigenvalue weighted by molar-refractivity contribution is -0.0860. The number of ether oxygens (including phenoxy) is 2. The standard InChI is InChI=1S/C37H47N3O3S/c1-23-18-24(2)38-36(42-22-27-8-6-5-7-9-27)32(23)21-39-17-16-33-34(37(39)41)26(4)35(44-33)25(3)28-10-12-29(13-11-28)40-19-31(20-40)43-30-14-15-30/h5-9,18,25,28-31H,10-17,19-22H2,1-4H3/t25?,28-,29-. The molecule has 2 aromatic heterocycles. The van der Waals surface area contributed by atoms with E-state index in [2.05, 4.69) is 43.9 Å². The van der Waals surface area contributed by atoms with Crippen LogP contribution in [0.5, 0.6) is 5.88 Å². The van der Waals surface area contributed by atoms with Crippen LogP contribution < -0.4 is 4.74 Å². The first-order valence-electron chi connectivity index (χ1n) is 16.8. The van der Waals surface area contributed by atoms with Crippen LogP contribution in [0.4, 0.5) is 0 Å². The normalized spacial score (nSPS) is 23.4. The largest absolute Gasteiger partial charge is 0.473 e. The van der Waals surface area contributed by atoms with Crippen LogP contribution in [0.3, 0.4) is 0 Å². The summed E-state index contributed by atoms with van der Waals surface area (Å²) < 4.78 is 12.4. The number of rotatable bonds is 10. The smallest absolute Gasteiger partial charge is 0.255 e. The molecule has 0 radical (unpaired) electrons. The fourth-order valence-corrected chi connectivity index (χ4v) is 9.13. The number of carbonyl (C=O) groups excluding carboxylic acids is 1. The Morgan fingerprint density at radius 1 is 1.00 bits per heavy atom. The third-order valence-corrected chi connectivity index (χ3v) is 12.1. The lowest BCUT2D eigenvalue weighted by Gasteiger charge is -2.47. The number of benzene rings is 1. The van der Waals surface area contributed by atoms with Crippen LogP contribution in [0.2, 0.25) is 0 Å². The van der Waals surface area contributed by atoms with Crippen LogP contribution in [0, 0.1) is 26.7 Å². The van der Waals surface area contributed by atoms with Crippen molar-refractivity contribution in [2.24, 2.45) is 5.92 Å². The van der Waals surface area contributed by atoms with E-state index in [1.807, 2.05) is 41.4 Å². The number of aromatic nitrogens is 1. The van der Waals surface area contributed by atoms with Gasteiger partial charge in [0.25, 0.3) is 5.91 Å². The van der Waals surface area contributed by atoms with Crippen molar-refractivity contribution >= 4 is 17.2 Å². The van der Waals surface area contributed by atoms with Crippen LogP contribution in [-0.4, -0.2) is 58.6 Å². The van der Waals surface area contributed by atoms with Gasteiger partial charge in [-0.15, -0.1) is 11.3 Å². The molecule has 2 aliphatic heterocycles. The highest BCUT2D eigenvalue weighted by Gasteiger charge is 2.39. The average molecular weight is 614 g/mol. The molecule has 44 heavy (non-hydrogen) atoms. The van der Waals surface area contributed by atoms with Gasteiger partial charge >= 0.3 is 0 Å². The Hall–Kier alpha value is -2.74. The zero-order valence-electron chi connectivity index (χ0n) is 26.8. The first-order valence-corrected chi connectivity index (χ1v) is 17.6. The summed E-state index contributed by atoms with van der Waals surface area (Å²) in [7, 11) is 0. The van der Waals surface area contributed by atoms with Gasteiger partial charge in [-0.1, -0.05) is 37.3 Å². The van der Waals surface area contributed by atoms with Crippen molar-refractivity contribution in [3.05, 3.63) is 79.7 Å². The summed E-state index contributed by atoms with van der Waals surface area (Å²) in [6, 6.07) is 13.0. The Kier molecular flexibility index (Phi) is 8.55. The molecule has 7 rings (SSSR count). The minimum absolute atomic E-state index is 0.164. The van der Waals surface area contributed by atoms with Crippen LogP contribution >= 0.6 is 11.3 Å². The Morgan fingerprint density at radius 3 is 2.48 bits per heavy atom. The van der Waals surface area contributed by atoms with Gasteiger partial charge in [0.05, 0.1) is 24.3 Å². The predicted molar refractivity (Wildman–Crippen MR) is 176 cm³/mol. The minimum Gasteiger partial charge on any atom is -0.473 e. The van der Waals surface area contributed by atoms with Crippen LogP contribution in [-0.2, 0) is 24.3 Å². The molecule has 1 saturated heterocycles. The van der Waals surface area contributed by atoms with Crippen molar-refractivity contribution < 1.29 is 14.3 Å². The number of fused-ring (bicyclic) bond motifs is 1. The molecular weight excluding hydrogens is 566 g/mol. The Morgan fingerprint density at radius 2 is 1.75 bits per heavy atom. The van der Waals surface area contributed by atoms with Crippen molar-refractivity contribution in [1.29, 1.82) is 0 Å². The van der Waals surface area contributed by atoms with Gasteiger partial charge in [0.2, 0.25) is 5.88 Å². The summed E-state index contributed by atoms with van der Waals surface area (Å²) in [4.78, 5) is 26.2. The molecule has 1 atom stereocenters. The second-order valence-corrected chi connectivity index (χ2v) is 14.9. The lowest BCUT2D eigenvalue weighted by Crippen LogP contribution is -2.57. The molecule has 2 aliphatic carbocycles. The van der Waals surface area contributed by atoms with Crippen molar-refractivity contribution in [2.75, 3.05) is 19.6 Å². The molecule has 4 aliphatic rings. The van der Waals surface area contributed by atoms with Gasteiger partial charge in [-0.25, -0.2) is 4.98 Å². The number of aryl methyl sites for hydroxylation is 2. The van der Waals surface area contributed by atoms with E-state index in [4.69, 9.17) is 14.5 Å². The van der Waals surface area contributed by atoms with Gasteiger partial charge in [0.1, 0.15) is 6.61 Å². The summed E-state index contributed by atoms with van der Waals surface area (Å²) in [5.41, 5.74) is 6.35. The number of likely N-dealkylation sites (tertiary alicyclic amines) is 1. The number of carbonyl (C=O) groups is 1. The summed E-state index contributed by atoms with van der Waals surface area (Å²) in [6.07, 6.45) is 9.65. The molecule has 0 bridgehead atoms. The Balaban J connectivity index is 1.000. The van der Waals surface area contributed by atoms with Gasteiger partial charge in [-0.3, -0.25) is 9.69 Å². The van der Waals surface area contributed by atoms with Gasteiger partial charge in [-0.05, 0) is 93.9 Å². The average Bonchev–Trinajstić information content (AvgIpc) is 3.77. The topological polar surface area (TPSA) is 54.9 Å². The molecule has 1 amide bonds. The molecular formula is C37H47N3O3S. The fraction of sp³-hybridized carbons (Fsp3) is 0.568. The molecule has 7 heteroatoms. The zero-order valence-corrected chi connectivity index (χ0v) is 27.6. The molecule has 6 nitrogen and oxygen atoms in total. The number of hydrogen-bond acceptors (Lipinski definition) is 6. The first-order chi connectivity index (χ1) is 21.3. The van der Waals surface area contributed by atoms with E-state index in [1.165, 1.54) is 53.8 Å². The molecule has 1 aromatic carbocycles. The minimum atomic E-state index is 0.164. The number of hydrogen-bond donors (Lipinski definition) is 0. The SMILES string of the molecule is Cc1cc(C)c(CN2CCc3sc(C(C)[C@H]4CC[C@H](N5CC(OC6CC6)C5)CC4)c(C)c3C2=O)c(OCc2ccccc2)n1. The van der Waals surface area contributed by atoms with Gasteiger partial charge in [0.15, 0.2) is 0 Å². The molecule has 1 unspecified atom stereocenters. The molecule has 2 saturated carbocycles. The zero-order chi connectivity index (χ0) is 30.4. The molecule has 4 heterocycles. The molecule has 0 spiro atoms. The quantitative estimate of drug-likeness (QED) is 0.239. The maximum atomic E-state index is 14.0. The lowest BCUT2D eigenvalue weighted by atomic mass is 9.76. The van der Waals surface area contributed by atoms with E-state index in [1.54, 1.807) is 0 Å². The third kappa shape index (κ3) is 6.20. The summed E-state index contributed by atoms with van der Waals surface area (Å²) in [5.74, 6) is 2.00. The molecule has 234 valence electrons. The van der Waals surface area contributed by atoms with E-state index in [0.717, 1.165) is 60.0 Å². The highest BCUT2D eigenvalue weighted by Crippen LogP contribution is 2.44. The molecule has 3 aromatic rings. The van der Waals surface area contributed by atoms with Crippen LogP contribution in [0.15, 0.2) is 36.4 Å². The summed E-state index contributed by atoms with van der Waals surface area (Å²) in [6.45, 7) is 12.7. The van der Waals surface area contributed by atoms with Crippen molar-refractivity contribution in [1.82, 2.24) is 14.8 Å². The van der Waals surface area contributed by atoms with Crippen molar-refractivity contribution in [3.8, 4) is 5.88 Å². The Labute approximate surface area is 266 Å². The fourth-order valence-electron chi connectivity index (χ4n) is 7.70. The monoisotopic (exact) mass is 613 g/mol. The van der Waals surface area contributed by atoms with E-state index in [-0.39, 0.29) is 5.91 Å². The number of amides is 1. The van der Waals surface area contributed by atoms with Crippen LogP contribution in [0.25, 0.3) is 0 Å². The second-order valence-electron chi connectivity index (χ2n) is 13.8. The second kappa shape index (κ2) is 12.6. The van der Waals surface area contributed by atoms with Crippen LogP contribution in [0.1, 0.15) is 99.4 Å². The number of thiophene rings is 1. The van der Waals surface area contributed by atoms with E-state index < -0.39 is 0 Å². The van der Waals surface area contributed by atoms with Crippen molar-refractivity contribution in [3.63, 3.8) is 0 Å². The first kappa shape index (κ1) is 29.9. The summed E-state index contributed by atoms with van der Waals surface area (Å²) >= 11 is 1.91. The highest BCUT2D eigenvalue weighted by molar-refractivity contribution is 7.12. The molecule has 0 N–H and O–H groups in total. The third-order valence-electron chi connectivity index (χ3n) is 10.5. The van der Waals surface area contributed by atoms with E-state index >= 15 is 0 Å². The van der Waals surface area contributed by atoms with Crippen molar-refractivity contribution in [2.45, 2.75) is 110 Å². The highest BCUT2D eigenvalue weighted by atomic mass is 32.1. The van der Waals surface area contributed by atoms with E-state index in [0.29, 0.717) is 43.1 Å². The van der Waals surface area contributed by atoms with Gasteiger partial charge in [-0.2, -0.15) is 0 Å². The molecule has 3 fully saturated rings.